The molecule has 1 aliphatic heterocycles. The van der Waals surface area contributed by atoms with Crippen molar-refractivity contribution in [1.82, 2.24) is 55.6 Å². The van der Waals surface area contributed by atoms with E-state index >= 15 is 0 Å². The third kappa shape index (κ3) is 21.4. The van der Waals surface area contributed by atoms with E-state index in [1.807, 2.05) is 73.6 Å². The summed E-state index contributed by atoms with van der Waals surface area (Å²) in [5.41, 5.74) is 8.45. The molecular formula is C59H98N12O11. The lowest BCUT2D eigenvalue weighted by Crippen LogP contribution is -2.59. The molecule has 460 valence electrons. The van der Waals surface area contributed by atoms with Gasteiger partial charge in [-0.15, -0.1) is 0 Å². The second-order valence-electron chi connectivity index (χ2n) is 24.1. The number of hydrogen-bond acceptors (Lipinski definition) is 12. The van der Waals surface area contributed by atoms with Crippen LogP contribution in [0.2, 0.25) is 0 Å². The Kier molecular flexibility index (Phi) is 28.2. The molecular weight excluding hydrogens is 1050 g/mol. The molecule has 1 fully saturated rings. The summed E-state index contributed by atoms with van der Waals surface area (Å²) in [4.78, 5) is 163. The SMILES string of the molecule is C/C(=C/C[C@H](C)CC1C(=O)NCC(=O)N(C)CC(=O)N(C)[C@H](CC(C)C)C(=O)NC(C(C)C)C(=O)N(C)CC(=O)N[C@H](C)C(=O)N[C@H](C)C(=O)N(C)[C@H](CC(C)C)C(=O)N(C)[C@H](CC(C)C)C(=O)N(C)CC(=O)N1C)c1ccc(N)cc1. The van der Waals surface area contributed by atoms with Gasteiger partial charge in [0, 0.05) is 55.0 Å². The Morgan fingerprint density at radius 2 is 0.976 bits per heavy atom. The molecule has 8 atom stereocenters. The topological polar surface area (TPSA) is 285 Å². The van der Waals surface area contributed by atoms with Crippen molar-refractivity contribution < 1.29 is 52.7 Å². The lowest BCUT2D eigenvalue weighted by atomic mass is 9.94. The zero-order chi connectivity index (χ0) is 62.8. The van der Waals surface area contributed by atoms with E-state index in [9.17, 15) is 52.7 Å². The largest absolute Gasteiger partial charge is 0.399 e. The fourth-order valence-corrected chi connectivity index (χ4v) is 9.50. The van der Waals surface area contributed by atoms with Gasteiger partial charge < -0.3 is 61.3 Å². The van der Waals surface area contributed by atoms with Crippen molar-refractivity contribution in [2.45, 2.75) is 157 Å². The van der Waals surface area contributed by atoms with Gasteiger partial charge in [-0.1, -0.05) is 80.5 Å². The van der Waals surface area contributed by atoms with E-state index in [4.69, 9.17) is 5.73 Å². The van der Waals surface area contributed by atoms with Gasteiger partial charge in [0.15, 0.2) is 0 Å². The predicted molar refractivity (Wildman–Crippen MR) is 315 cm³/mol. The van der Waals surface area contributed by atoms with E-state index in [-0.39, 0.29) is 49.4 Å². The summed E-state index contributed by atoms with van der Waals surface area (Å²) < 4.78 is 0. The van der Waals surface area contributed by atoms with Gasteiger partial charge in [0.2, 0.25) is 65.0 Å². The number of benzene rings is 1. The first-order chi connectivity index (χ1) is 38.0. The fraction of sp³-hybridized carbons (Fsp3) is 0.678. The van der Waals surface area contributed by atoms with Gasteiger partial charge >= 0.3 is 0 Å². The summed E-state index contributed by atoms with van der Waals surface area (Å²) in [7, 11) is 9.92. The highest BCUT2D eigenvalue weighted by Gasteiger charge is 2.40. The summed E-state index contributed by atoms with van der Waals surface area (Å²) in [5.74, 6) is -8.06. The monoisotopic (exact) mass is 1150 g/mol. The van der Waals surface area contributed by atoms with E-state index in [0.29, 0.717) is 12.1 Å². The Morgan fingerprint density at radius 1 is 0.512 bits per heavy atom. The molecule has 11 amide bonds. The maximum absolute atomic E-state index is 14.7. The van der Waals surface area contributed by atoms with Crippen LogP contribution in [0.15, 0.2) is 30.3 Å². The molecule has 0 aromatic heterocycles. The summed E-state index contributed by atoms with van der Waals surface area (Å²) in [6.45, 7) is 19.3. The second-order valence-corrected chi connectivity index (χ2v) is 24.1. The number of carbonyl (C=O) groups is 11. The molecule has 1 aliphatic rings. The molecule has 2 rings (SSSR count). The Balaban J connectivity index is 2.72. The van der Waals surface area contributed by atoms with Gasteiger partial charge in [0.05, 0.1) is 26.2 Å². The molecule has 1 aromatic rings. The van der Waals surface area contributed by atoms with Crippen molar-refractivity contribution >= 4 is 76.2 Å². The third-order valence-electron chi connectivity index (χ3n) is 14.9. The fourth-order valence-electron chi connectivity index (χ4n) is 9.50. The second kappa shape index (κ2) is 32.5. The molecule has 0 aliphatic carbocycles. The lowest BCUT2D eigenvalue weighted by molar-refractivity contribution is -0.152. The molecule has 1 aromatic carbocycles. The summed E-state index contributed by atoms with van der Waals surface area (Å²) in [6, 6.07) is -0.563. The molecule has 2 unspecified atom stereocenters. The average molecular weight is 1150 g/mol. The minimum absolute atomic E-state index is 0.109. The van der Waals surface area contributed by atoms with Crippen LogP contribution in [-0.4, -0.2) is 217 Å². The molecule has 0 bridgehead atoms. The number of carbonyl (C=O) groups excluding carboxylic acids is 11. The molecule has 23 nitrogen and oxygen atoms in total. The molecule has 1 heterocycles. The van der Waals surface area contributed by atoms with Crippen LogP contribution >= 0.6 is 0 Å². The quantitative estimate of drug-likeness (QED) is 0.189. The highest BCUT2D eigenvalue weighted by molar-refractivity contribution is 5.98. The summed E-state index contributed by atoms with van der Waals surface area (Å²) in [6.07, 6.45) is 3.20. The Hall–Kier alpha value is -7.07. The maximum atomic E-state index is 14.7. The number of nitrogens with zero attached hydrogens (tertiary/aromatic N) is 7. The standard InChI is InChI=1S/C59H98N12O11/c1-34(2)26-44-55(78)64-52(37(7)8)59(82)66(14)31-48(72)62-40(11)53(76)63-41(12)56(79)70(18)47(28-36(5)6)58(81)71(19)46(27-35(3)4)57(80)67(15)33-51(75)69(17)45(54(77)61-30-49(73)65(13)32-50(74)68(44)16)29-38(9)20-21-39(10)42-22-24-43(60)25-23-42/h21-25,34-38,40-41,44-47,52H,20,26-33,60H2,1-19H3,(H,61,77)(H,62,72)(H,63,76)(H,64,78)/b39-21-/t38-,40+,41+,44+,45?,46+,47+,52?/m0/s1. The van der Waals surface area contributed by atoms with Gasteiger partial charge in [-0.3, -0.25) is 52.7 Å². The molecule has 0 radical (unpaired) electrons. The van der Waals surface area contributed by atoms with Crippen LogP contribution in [0, 0.1) is 29.6 Å². The average Bonchev–Trinajstić information content (AvgIpc) is 3.56. The lowest BCUT2D eigenvalue weighted by Gasteiger charge is -2.38. The smallest absolute Gasteiger partial charge is 0.245 e. The van der Waals surface area contributed by atoms with Crippen molar-refractivity contribution in [2.24, 2.45) is 29.6 Å². The van der Waals surface area contributed by atoms with Crippen LogP contribution in [0.5, 0.6) is 0 Å². The van der Waals surface area contributed by atoms with Gasteiger partial charge in [0.1, 0.15) is 42.3 Å². The number of likely N-dealkylation sites (N-methyl/N-ethyl adjacent to an activating group) is 7. The number of allylic oxidation sites excluding steroid dienone is 2. The summed E-state index contributed by atoms with van der Waals surface area (Å²) >= 11 is 0. The van der Waals surface area contributed by atoms with Crippen LogP contribution in [0.4, 0.5) is 5.69 Å². The van der Waals surface area contributed by atoms with E-state index in [1.54, 1.807) is 26.0 Å². The number of anilines is 1. The van der Waals surface area contributed by atoms with Crippen LogP contribution < -0.4 is 27.0 Å². The number of hydrogen-bond donors (Lipinski definition) is 5. The molecule has 23 heteroatoms. The number of nitrogen functional groups attached to an aromatic ring is 1. The minimum Gasteiger partial charge on any atom is -0.399 e. The van der Waals surface area contributed by atoms with E-state index in [2.05, 4.69) is 21.3 Å². The normalized spacial score (nSPS) is 24.2. The molecule has 0 saturated carbocycles. The molecule has 0 spiro atoms. The number of amides is 11. The highest BCUT2D eigenvalue weighted by atomic mass is 16.2. The Labute approximate surface area is 487 Å². The number of rotatable bonds is 12. The summed E-state index contributed by atoms with van der Waals surface area (Å²) in [5, 5.41) is 10.6. The number of nitrogens with two attached hydrogens (primary N) is 1. The first-order valence-corrected chi connectivity index (χ1v) is 28.5. The van der Waals surface area contributed by atoms with Gasteiger partial charge in [-0.25, -0.2) is 0 Å². The Morgan fingerprint density at radius 3 is 1.49 bits per heavy atom. The molecule has 1 saturated heterocycles. The van der Waals surface area contributed by atoms with Crippen molar-refractivity contribution in [3.05, 3.63) is 35.9 Å². The van der Waals surface area contributed by atoms with E-state index in [0.717, 1.165) is 20.9 Å². The Bertz CT molecular complexity index is 2450. The van der Waals surface area contributed by atoms with Crippen LogP contribution in [0.25, 0.3) is 5.57 Å². The van der Waals surface area contributed by atoms with Gasteiger partial charge in [0.25, 0.3) is 0 Å². The molecule has 6 N–H and O–H groups in total. The zero-order valence-corrected chi connectivity index (χ0v) is 52.4. The van der Waals surface area contributed by atoms with Gasteiger partial charge in [-0.05, 0) is 106 Å². The zero-order valence-electron chi connectivity index (χ0n) is 52.4. The van der Waals surface area contributed by atoms with Crippen molar-refractivity contribution in [1.29, 1.82) is 0 Å². The third-order valence-corrected chi connectivity index (χ3v) is 14.9. The van der Waals surface area contributed by atoms with Crippen molar-refractivity contribution in [3.63, 3.8) is 0 Å². The van der Waals surface area contributed by atoms with Crippen LogP contribution in [-0.2, 0) is 52.7 Å². The van der Waals surface area contributed by atoms with Gasteiger partial charge in [-0.2, -0.15) is 0 Å². The van der Waals surface area contributed by atoms with Crippen molar-refractivity contribution in [2.75, 3.05) is 81.2 Å². The first kappa shape index (κ1) is 71.0. The van der Waals surface area contributed by atoms with E-state index in [1.165, 1.54) is 87.7 Å². The highest BCUT2D eigenvalue weighted by Crippen LogP contribution is 2.23. The predicted octanol–water partition coefficient (Wildman–Crippen LogP) is 2.19. The molecule has 82 heavy (non-hydrogen) atoms. The van der Waals surface area contributed by atoms with Crippen LogP contribution in [0.1, 0.15) is 121 Å². The van der Waals surface area contributed by atoms with E-state index < -0.39 is 139 Å². The minimum atomic E-state index is -1.19. The van der Waals surface area contributed by atoms with Crippen molar-refractivity contribution in [3.8, 4) is 0 Å². The number of nitrogens with one attached hydrogen (secondary N) is 4. The maximum Gasteiger partial charge on any atom is 0.245 e. The van der Waals surface area contributed by atoms with Crippen LogP contribution in [0.3, 0.4) is 0 Å². The first-order valence-electron chi connectivity index (χ1n) is 28.5.